The summed E-state index contributed by atoms with van der Waals surface area (Å²) in [4.78, 5) is 40.6. The molecule has 33 heavy (non-hydrogen) atoms. The van der Waals surface area contributed by atoms with E-state index in [-0.39, 0.29) is 28.9 Å². The number of carbonyl (C=O) groups is 3. The first kappa shape index (κ1) is 24.8. The number of halogens is 4. The third kappa shape index (κ3) is 6.16. The summed E-state index contributed by atoms with van der Waals surface area (Å²) >= 11 is 0.895. The van der Waals surface area contributed by atoms with Crippen molar-refractivity contribution in [2.45, 2.75) is 51.1 Å². The highest BCUT2D eigenvalue weighted by molar-refractivity contribution is 7.14. The highest BCUT2D eigenvalue weighted by Gasteiger charge is 2.36. The number of esters is 1. The van der Waals surface area contributed by atoms with Crippen molar-refractivity contribution in [2.75, 3.05) is 11.9 Å². The maximum atomic E-state index is 13.8. The van der Waals surface area contributed by atoms with Crippen molar-refractivity contribution in [1.29, 1.82) is 0 Å². The number of hydrogen-bond donors (Lipinski definition) is 1. The molecule has 0 saturated heterocycles. The Morgan fingerprint density at radius 2 is 1.94 bits per heavy atom. The fourth-order valence-corrected chi connectivity index (χ4v) is 4.57. The summed E-state index contributed by atoms with van der Waals surface area (Å²) < 4.78 is 58.1. The van der Waals surface area contributed by atoms with Crippen molar-refractivity contribution in [3.05, 3.63) is 46.2 Å². The maximum Gasteiger partial charge on any atom is 0.419 e. The topological polar surface area (TPSA) is 85.4 Å². The predicted molar refractivity (Wildman–Crippen MR) is 112 cm³/mol. The molecule has 1 amide bonds. The first-order valence-corrected chi connectivity index (χ1v) is 11.3. The molecule has 11 heteroatoms. The number of aromatic nitrogens is 1. The van der Waals surface area contributed by atoms with Gasteiger partial charge in [-0.05, 0) is 37.0 Å². The van der Waals surface area contributed by atoms with Crippen LogP contribution in [0.5, 0.6) is 0 Å². The van der Waals surface area contributed by atoms with Crippen LogP contribution in [0.25, 0.3) is 0 Å². The van der Waals surface area contributed by atoms with E-state index in [0.29, 0.717) is 18.6 Å². The van der Waals surface area contributed by atoms with E-state index in [2.05, 4.69) is 15.0 Å². The number of ether oxygens (including phenoxy) is 1. The van der Waals surface area contributed by atoms with E-state index in [1.165, 1.54) is 11.4 Å². The van der Waals surface area contributed by atoms with Crippen LogP contribution in [0.2, 0.25) is 0 Å². The number of Topliss-reactive ketones (excluding diaryl/α,β-unsaturated/α-hetero) is 1. The first-order valence-electron chi connectivity index (χ1n) is 10.4. The van der Waals surface area contributed by atoms with E-state index in [0.717, 1.165) is 37.0 Å². The molecule has 0 spiro atoms. The standard InChI is InChI=1S/C22H22F4N2O4S/c1-2-32-20(31)18(29)17-11-33-21(27-17)28-19(30)14(9-12-5-3-4-6-12)13-7-8-16(23)15(10-13)22(24,25)26/h7-8,10-12,14H,2-6,9H2,1H3,(H,27,28,30). The molecule has 0 radical (unpaired) electrons. The largest absolute Gasteiger partial charge is 0.460 e. The van der Waals surface area contributed by atoms with Crippen LogP contribution in [-0.4, -0.2) is 29.3 Å². The Bertz CT molecular complexity index is 1030. The average Bonchev–Trinajstić information content (AvgIpc) is 3.43. The van der Waals surface area contributed by atoms with Gasteiger partial charge in [-0.25, -0.2) is 14.2 Å². The molecule has 1 aromatic heterocycles. The molecule has 1 aliphatic rings. The van der Waals surface area contributed by atoms with Crippen LogP contribution in [0.15, 0.2) is 23.6 Å². The molecule has 1 N–H and O–H groups in total. The lowest BCUT2D eigenvalue weighted by Gasteiger charge is -2.21. The number of nitrogens with one attached hydrogen (secondary N) is 1. The quantitative estimate of drug-likeness (QED) is 0.235. The highest BCUT2D eigenvalue weighted by Crippen LogP contribution is 2.38. The lowest BCUT2D eigenvalue weighted by molar-refractivity contribution is -0.140. The van der Waals surface area contributed by atoms with Crippen molar-refractivity contribution in [1.82, 2.24) is 4.98 Å². The Morgan fingerprint density at radius 3 is 2.58 bits per heavy atom. The van der Waals surface area contributed by atoms with Gasteiger partial charge in [0.1, 0.15) is 11.5 Å². The Hall–Kier alpha value is -2.82. The summed E-state index contributed by atoms with van der Waals surface area (Å²) in [6.45, 7) is 1.56. The normalized spacial score (nSPS) is 15.3. The summed E-state index contributed by atoms with van der Waals surface area (Å²) in [5, 5.41) is 3.82. The van der Waals surface area contributed by atoms with E-state index in [1.54, 1.807) is 6.92 Å². The summed E-state index contributed by atoms with van der Waals surface area (Å²) in [5.74, 6) is -4.89. The molecule has 1 heterocycles. The second-order valence-electron chi connectivity index (χ2n) is 7.75. The van der Waals surface area contributed by atoms with E-state index < -0.39 is 41.1 Å². The first-order chi connectivity index (χ1) is 15.6. The molecule has 1 saturated carbocycles. The van der Waals surface area contributed by atoms with Crippen LogP contribution in [0.1, 0.15) is 66.6 Å². The number of benzene rings is 1. The van der Waals surface area contributed by atoms with Crippen LogP contribution in [0, 0.1) is 11.7 Å². The van der Waals surface area contributed by atoms with Gasteiger partial charge in [-0.3, -0.25) is 9.59 Å². The SMILES string of the molecule is CCOC(=O)C(=O)c1csc(NC(=O)C(CC2CCCC2)c2ccc(F)c(C(F)(F)F)c2)n1. The number of ketones is 1. The fourth-order valence-electron chi connectivity index (χ4n) is 3.88. The third-order valence-electron chi connectivity index (χ3n) is 5.49. The fraction of sp³-hybridized carbons (Fsp3) is 0.455. The van der Waals surface area contributed by atoms with Gasteiger partial charge in [0.2, 0.25) is 5.91 Å². The average molecular weight is 486 g/mol. The number of alkyl halides is 3. The second-order valence-corrected chi connectivity index (χ2v) is 8.61. The molecule has 1 atom stereocenters. The van der Waals surface area contributed by atoms with Gasteiger partial charge in [-0.15, -0.1) is 11.3 Å². The number of carbonyl (C=O) groups excluding carboxylic acids is 3. The molecule has 6 nitrogen and oxygen atoms in total. The molecule has 1 fully saturated rings. The van der Waals surface area contributed by atoms with Gasteiger partial charge < -0.3 is 10.1 Å². The Labute approximate surface area is 191 Å². The molecule has 1 aliphatic carbocycles. The minimum Gasteiger partial charge on any atom is -0.460 e. The summed E-state index contributed by atoms with van der Waals surface area (Å²) in [5.41, 5.74) is -1.59. The van der Waals surface area contributed by atoms with E-state index in [9.17, 15) is 31.9 Å². The van der Waals surface area contributed by atoms with Crippen LogP contribution in [0.3, 0.4) is 0 Å². The molecule has 1 unspecified atom stereocenters. The lowest BCUT2D eigenvalue weighted by atomic mass is 9.86. The zero-order valence-corrected chi connectivity index (χ0v) is 18.5. The number of hydrogen-bond acceptors (Lipinski definition) is 6. The van der Waals surface area contributed by atoms with Crippen LogP contribution in [-0.2, 0) is 20.5 Å². The van der Waals surface area contributed by atoms with Gasteiger partial charge in [0.05, 0.1) is 18.1 Å². The Balaban J connectivity index is 1.84. The van der Waals surface area contributed by atoms with Crippen molar-refractivity contribution in [3.63, 3.8) is 0 Å². The summed E-state index contributed by atoms with van der Waals surface area (Å²) in [6, 6.07) is 2.57. The van der Waals surface area contributed by atoms with Gasteiger partial charge in [-0.1, -0.05) is 31.7 Å². The second kappa shape index (κ2) is 10.4. The zero-order chi connectivity index (χ0) is 24.2. The molecule has 178 valence electrons. The lowest BCUT2D eigenvalue weighted by Crippen LogP contribution is -2.24. The monoisotopic (exact) mass is 486 g/mol. The number of thiazole rings is 1. The van der Waals surface area contributed by atoms with E-state index >= 15 is 0 Å². The smallest absolute Gasteiger partial charge is 0.419 e. The molecule has 0 aliphatic heterocycles. The zero-order valence-electron chi connectivity index (χ0n) is 17.7. The number of rotatable bonds is 8. The maximum absolute atomic E-state index is 13.8. The Kier molecular flexibility index (Phi) is 7.83. The molecule has 0 bridgehead atoms. The molecule has 3 rings (SSSR count). The third-order valence-corrected chi connectivity index (χ3v) is 6.24. The molecule has 1 aromatic carbocycles. The van der Waals surface area contributed by atoms with Crippen LogP contribution in [0.4, 0.5) is 22.7 Å². The van der Waals surface area contributed by atoms with Crippen molar-refractivity contribution in [2.24, 2.45) is 5.92 Å². The summed E-state index contributed by atoms with van der Waals surface area (Å²) in [7, 11) is 0. The van der Waals surface area contributed by atoms with Gasteiger partial charge in [0.25, 0.3) is 5.78 Å². The van der Waals surface area contributed by atoms with Gasteiger partial charge in [0.15, 0.2) is 5.13 Å². The molecular formula is C22H22F4N2O4S. The van der Waals surface area contributed by atoms with Crippen LogP contribution < -0.4 is 5.32 Å². The van der Waals surface area contributed by atoms with Crippen molar-refractivity contribution >= 4 is 34.1 Å². The number of nitrogens with zero attached hydrogens (tertiary/aromatic N) is 1. The van der Waals surface area contributed by atoms with Gasteiger partial charge in [0, 0.05) is 5.38 Å². The predicted octanol–water partition coefficient (Wildman–Crippen LogP) is 5.35. The van der Waals surface area contributed by atoms with Gasteiger partial charge >= 0.3 is 12.1 Å². The highest BCUT2D eigenvalue weighted by atomic mass is 32.1. The van der Waals surface area contributed by atoms with Crippen molar-refractivity contribution < 1.29 is 36.7 Å². The Morgan fingerprint density at radius 1 is 1.24 bits per heavy atom. The number of anilines is 1. The minimum atomic E-state index is -4.90. The van der Waals surface area contributed by atoms with Gasteiger partial charge in [-0.2, -0.15) is 13.2 Å². The minimum absolute atomic E-state index is 0.0126. The van der Waals surface area contributed by atoms with Crippen LogP contribution >= 0.6 is 11.3 Å². The molecule has 2 aromatic rings. The van der Waals surface area contributed by atoms with E-state index in [1.807, 2.05) is 0 Å². The van der Waals surface area contributed by atoms with E-state index in [4.69, 9.17) is 0 Å². The van der Waals surface area contributed by atoms with Crippen molar-refractivity contribution in [3.8, 4) is 0 Å². The molecular weight excluding hydrogens is 464 g/mol. The summed E-state index contributed by atoms with van der Waals surface area (Å²) in [6.07, 6.45) is -0.940. The number of amides is 1.